The Balaban J connectivity index is -0.000000160. The Morgan fingerprint density at radius 1 is 0.586 bits per heavy atom. The molecule has 0 aliphatic rings. The Morgan fingerprint density at radius 3 is 0.690 bits per heavy atom. The third kappa shape index (κ3) is 18.5. The third-order valence-corrected chi connectivity index (χ3v) is 11.6. The number of hydrogen-bond acceptors (Lipinski definition) is 3. The average molecular weight is 577 g/mol. The fourth-order valence-electron chi connectivity index (χ4n) is 3.58. The van der Waals surface area contributed by atoms with Crippen molar-refractivity contribution in [3.8, 4) is 0 Å². The number of hydrogen-bond donors (Lipinski definition) is 0. The summed E-state index contributed by atoms with van der Waals surface area (Å²) in [5, 5.41) is 0. The van der Waals surface area contributed by atoms with Gasteiger partial charge in [-0.1, -0.05) is 98.9 Å². The quantitative estimate of drug-likeness (QED) is 0.146. The van der Waals surface area contributed by atoms with E-state index in [4.69, 9.17) is 13.0 Å². The van der Waals surface area contributed by atoms with Crippen molar-refractivity contribution in [2.45, 2.75) is 123 Å². The number of halogens is 3. The zero-order valence-electron chi connectivity index (χ0n) is 20.0. The van der Waals surface area contributed by atoms with Gasteiger partial charge in [0, 0.05) is 0 Å². The molecule has 1 radical (unpaired) electrons. The maximum absolute atomic E-state index is 10.7. The third-order valence-electron chi connectivity index (χ3n) is 3.86. The van der Waals surface area contributed by atoms with Gasteiger partial charge in [0.2, 0.25) is 0 Å². The number of rotatable bonds is 6. The molecular weight excluding hydrogens is 534 g/mol. The van der Waals surface area contributed by atoms with Gasteiger partial charge in [0.05, 0.1) is 0 Å². The summed E-state index contributed by atoms with van der Waals surface area (Å²) in [5.74, 6) is 0. The van der Waals surface area contributed by atoms with E-state index in [0.717, 1.165) is 34.0 Å². The molecule has 0 saturated carbocycles. The van der Waals surface area contributed by atoms with Crippen molar-refractivity contribution in [1.29, 1.82) is 0 Å². The van der Waals surface area contributed by atoms with Crippen molar-refractivity contribution < 1.29 is 46.6 Å². The molecular formula is C19H43F3O3P2PdS. The zero-order valence-corrected chi connectivity index (χ0v) is 24.2. The van der Waals surface area contributed by atoms with Gasteiger partial charge in [0.25, 0.3) is 0 Å². The van der Waals surface area contributed by atoms with Gasteiger partial charge in [-0.05, 0) is 34.0 Å². The molecule has 0 heterocycles. The van der Waals surface area contributed by atoms with Crippen LogP contribution in [0.15, 0.2) is 0 Å². The molecule has 0 rings (SSSR count). The summed E-state index contributed by atoms with van der Waals surface area (Å²) in [4.78, 5) is 0. The van der Waals surface area contributed by atoms with Gasteiger partial charge >= 0.3 is 25.9 Å². The molecule has 29 heavy (non-hydrogen) atoms. The first-order chi connectivity index (χ1) is 12.2. The Morgan fingerprint density at radius 2 is 0.690 bits per heavy atom. The van der Waals surface area contributed by atoms with Crippen molar-refractivity contribution >= 4 is 26.0 Å². The Hall–Kier alpha value is 1.22. The van der Waals surface area contributed by atoms with Crippen molar-refractivity contribution in [3.63, 3.8) is 0 Å². The maximum atomic E-state index is 10.7. The fraction of sp³-hybridized carbons (Fsp3) is 1.00. The average Bonchev–Trinajstić information content (AvgIpc) is 2.33. The van der Waals surface area contributed by atoms with E-state index in [2.05, 4.69) is 83.1 Å². The SMILES string of the molecule is CC(C)P(C(C)C)C(C)C.CC(C)P(C(C)C)C(C)C.O=S(=O)([O-])C(F)(F)F.[PdH+]. The van der Waals surface area contributed by atoms with E-state index >= 15 is 0 Å². The standard InChI is InChI=1S/2C9H21P.CHF3O3S.Pd.H/c2*1-7(2)10(8(3)4)9(5)6;2-1(3,4)8(5,6)7;;/h2*7-9H,1-6H3;(H,5,6,7);;/q;;;+1;/p-1. The first kappa shape index (κ1) is 37.5. The van der Waals surface area contributed by atoms with Crippen LogP contribution >= 0.6 is 15.8 Å². The molecule has 10 heteroatoms. The molecule has 0 fully saturated rings. The predicted molar refractivity (Wildman–Crippen MR) is 122 cm³/mol. The first-order valence-electron chi connectivity index (χ1n) is 9.75. The van der Waals surface area contributed by atoms with E-state index < -0.39 is 15.6 Å². The molecule has 0 aliphatic heterocycles. The molecule has 0 aromatic heterocycles. The second kappa shape index (κ2) is 16.8. The van der Waals surface area contributed by atoms with E-state index in [1.54, 1.807) is 0 Å². The van der Waals surface area contributed by atoms with Crippen LogP contribution in [-0.2, 0) is 30.5 Å². The van der Waals surface area contributed by atoms with Gasteiger partial charge in [-0.15, -0.1) is 0 Å². The van der Waals surface area contributed by atoms with E-state index in [0.29, 0.717) is 0 Å². The summed E-state index contributed by atoms with van der Waals surface area (Å²) in [6, 6.07) is 0. The second-order valence-corrected chi connectivity index (χ2v) is 17.7. The summed E-state index contributed by atoms with van der Waals surface area (Å²) in [6.45, 7) is 28.2. The molecule has 0 atom stereocenters. The van der Waals surface area contributed by atoms with Crippen molar-refractivity contribution in [2.24, 2.45) is 0 Å². The normalized spacial score (nSPS) is 12.6. The minimum absolute atomic E-state index is 0. The fourth-order valence-corrected chi connectivity index (χ4v) is 10.7. The molecule has 0 bridgehead atoms. The summed E-state index contributed by atoms with van der Waals surface area (Å²) in [7, 11) is -5.57. The molecule has 0 aromatic carbocycles. The molecule has 0 aliphatic carbocycles. The summed E-state index contributed by atoms with van der Waals surface area (Å²) < 4.78 is 58.9. The predicted octanol–water partition coefficient (Wildman–Crippen LogP) is 7.17. The second-order valence-electron chi connectivity index (χ2n) is 8.36. The Kier molecular flexibility index (Phi) is 21.7. The minimum atomic E-state index is -6.09. The molecule has 184 valence electrons. The van der Waals surface area contributed by atoms with E-state index in [1.165, 1.54) is 0 Å². The van der Waals surface area contributed by atoms with Crippen LogP contribution in [0.25, 0.3) is 0 Å². The van der Waals surface area contributed by atoms with Crippen LogP contribution in [0.2, 0.25) is 0 Å². The molecule has 0 saturated heterocycles. The van der Waals surface area contributed by atoms with Crippen LogP contribution in [0.1, 0.15) is 83.1 Å². The Bertz CT molecular complexity index is 433. The van der Waals surface area contributed by atoms with Crippen molar-refractivity contribution in [3.05, 3.63) is 0 Å². The van der Waals surface area contributed by atoms with Gasteiger partial charge in [-0.25, -0.2) is 8.42 Å². The Labute approximate surface area is 194 Å². The monoisotopic (exact) mass is 576 g/mol. The molecule has 0 N–H and O–H groups in total. The van der Waals surface area contributed by atoms with Crippen LogP contribution in [-0.4, -0.2) is 52.4 Å². The molecule has 0 aromatic rings. The van der Waals surface area contributed by atoms with Gasteiger partial charge in [-0.2, -0.15) is 13.2 Å². The summed E-state index contributed by atoms with van der Waals surface area (Å²) in [5.41, 5.74) is -0.257. The van der Waals surface area contributed by atoms with Gasteiger partial charge in [-0.3, -0.25) is 0 Å². The van der Waals surface area contributed by atoms with Crippen molar-refractivity contribution in [2.75, 3.05) is 0 Å². The molecule has 0 spiro atoms. The van der Waals surface area contributed by atoms with E-state index in [-0.39, 0.29) is 36.3 Å². The van der Waals surface area contributed by atoms with E-state index in [9.17, 15) is 13.2 Å². The summed E-state index contributed by atoms with van der Waals surface area (Å²) in [6.07, 6.45) is 0. The topological polar surface area (TPSA) is 57.2 Å². The number of alkyl halides is 3. The van der Waals surface area contributed by atoms with Crippen molar-refractivity contribution in [1.82, 2.24) is 0 Å². The zero-order chi connectivity index (χ0) is 23.6. The molecule has 0 unspecified atom stereocenters. The first-order valence-corrected chi connectivity index (χ1v) is 14.3. The molecule has 0 amide bonds. The van der Waals surface area contributed by atoms with Crippen LogP contribution in [0.4, 0.5) is 13.2 Å². The van der Waals surface area contributed by atoms with E-state index in [1.807, 2.05) is 0 Å². The van der Waals surface area contributed by atoms with Crippen LogP contribution in [0, 0.1) is 0 Å². The van der Waals surface area contributed by atoms with Gasteiger partial charge in [0.15, 0.2) is 10.1 Å². The van der Waals surface area contributed by atoms with Gasteiger partial charge < -0.3 is 4.55 Å². The van der Waals surface area contributed by atoms with Crippen LogP contribution < -0.4 is 0 Å². The summed E-state index contributed by atoms with van der Waals surface area (Å²) >= 11 is 0. The van der Waals surface area contributed by atoms with Crippen LogP contribution in [0.3, 0.4) is 0 Å². The van der Waals surface area contributed by atoms with Crippen LogP contribution in [0.5, 0.6) is 0 Å². The molecule has 3 nitrogen and oxygen atoms in total. The van der Waals surface area contributed by atoms with Gasteiger partial charge in [0.1, 0.15) is 0 Å².